The summed E-state index contributed by atoms with van der Waals surface area (Å²) in [4.78, 5) is 28.5. The minimum absolute atomic E-state index is 0.217. The lowest BCUT2D eigenvalue weighted by molar-refractivity contribution is 0.917. The third kappa shape index (κ3) is 1.50. The fraction of sp³-hybridized carbons (Fsp3) is 0.0588. The lowest BCUT2D eigenvalue weighted by Gasteiger charge is -2.09. The summed E-state index contributed by atoms with van der Waals surface area (Å²) in [5.41, 5.74) is 1.67. The van der Waals surface area contributed by atoms with Gasteiger partial charge in [0.2, 0.25) is 5.43 Å². The third-order valence-corrected chi connectivity index (χ3v) is 3.96. The van der Waals surface area contributed by atoms with Crippen molar-refractivity contribution in [3.63, 3.8) is 0 Å². The van der Waals surface area contributed by atoms with Crippen LogP contribution in [0.2, 0.25) is 0 Å². The van der Waals surface area contributed by atoms with Crippen LogP contribution < -0.4 is 11.0 Å². The van der Waals surface area contributed by atoms with E-state index in [1.54, 1.807) is 19.2 Å². The van der Waals surface area contributed by atoms with Crippen LogP contribution in [-0.4, -0.2) is 9.55 Å². The number of H-pyrrole nitrogens is 1. The van der Waals surface area contributed by atoms with Crippen LogP contribution in [0, 0.1) is 0 Å². The molecule has 1 N–H and O–H groups in total. The van der Waals surface area contributed by atoms with Crippen molar-refractivity contribution in [3.8, 4) is 0 Å². The van der Waals surface area contributed by atoms with E-state index in [1.165, 1.54) is 4.57 Å². The highest BCUT2D eigenvalue weighted by molar-refractivity contribution is 6.06. The fourth-order valence-electron chi connectivity index (χ4n) is 2.90. The van der Waals surface area contributed by atoms with E-state index in [0.29, 0.717) is 10.9 Å². The number of benzene rings is 2. The second-order valence-electron chi connectivity index (χ2n) is 5.13. The Morgan fingerprint density at radius 3 is 2.38 bits per heavy atom. The highest BCUT2D eigenvalue weighted by Gasteiger charge is 2.13. The number of hydrogen-bond acceptors (Lipinski definition) is 2. The molecule has 0 amide bonds. The van der Waals surface area contributed by atoms with Crippen LogP contribution in [0.1, 0.15) is 0 Å². The SMILES string of the molecule is Cn1c(=O)c2c(=O)c3ccccc3[nH]c2c2ccccc21. The van der Waals surface area contributed by atoms with E-state index in [4.69, 9.17) is 0 Å². The van der Waals surface area contributed by atoms with E-state index >= 15 is 0 Å². The number of fused-ring (bicyclic) bond motifs is 4. The zero-order valence-electron chi connectivity index (χ0n) is 11.4. The molecule has 0 atom stereocenters. The van der Waals surface area contributed by atoms with Crippen LogP contribution in [0.15, 0.2) is 58.1 Å². The van der Waals surface area contributed by atoms with Gasteiger partial charge in [-0.15, -0.1) is 0 Å². The molecule has 0 bridgehead atoms. The van der Waals surface area contributed by atoms with E-state index in [1.807, 2.05) is 36.4 Å². The molecule has 4 heteroatoms. The molecule has 0 aliphatic rings. The standard InChI is InChI=1S/C17H12N2O2/c1-19-13-9-5-3-7-11(13)15-14(17(19)21)16(20)10-6-2-4-8-12(10)18-15/h2-9H,1H3,(H,18,20). The Kier molecular flexibility index (Phi) is 2.30. The lowest BCUT2D eigenvalue weighted by Crippen LogP contribution is -2.23. The van der Waals surface area contributed by atoms with Crippen molar-refractivity contribution in [1.82, 2.24) is 9.55 Å². The first-order valence-electron chi connectivity index (χ1n) is 6.71. The van der Waals surface area contributed by atoms with Crippen molar-refractivity contribution >= 4 is 32.7 Å². The van der Waals surface area contributed by atoms with E-state index in [9.17, 15) is 9.59 Å². The van der Waals surface area contributed by atoms with E-state index in [0.717, 1.165) is 16.4 Å². The minimum Gasteiger partial charge on any atom is -0.354 e. The van der Waals surface area contributed by atoms with Crippen LogP contribution in [0.3, 0.4) is 0 Å². The minimum atomic E-state index is -0.268. The maximum absolute atomic E-state index is 12.7. The van der Waals surface area contributed by atoms with Crippen molar-refractivity contribution in [2.45, 2.75) is 0 Å². The van der Waals surface area contributed by atoms with Gasteiger partial charge in [0, 0.05) is 23.3 Å². The van der Waals surface area contributed by atoms with E-state index < -0.39 is 0 Å². The molecule has 2 aromatic carbocycles. The Hall–Kier alpha value is -2.88. The Labute approximate surface area is 119 Å². The van der Waals surface area contributed by atoms with Crippen LogP contribution in [0.5, 0.6) is 0 Å². The van der Waals surface area contributed by atoms with Crippen molar-refractivity contribution in [3.05, 3.63) is 69.1 Å². The summed E-state index contributed by atoms with van der Waals surface area (Å²) in [5.74, 6) is 0. The van der Waals surface area contributed by atoms with Gasteiger partial charge in [0.15, 0.2) is 0 Å². The maximum Gasteiger partial charge on any atom is 0.264 e. The summed E-state index contributed by atoms with van der Waals surface area (Å²) in [5, 5.41) is 1.63. The molecular formula is C17H12N2O2. The predicted molar refractivity (Wildman–Crippen MR) is 84.8 cm³/mol. The summed E-state index contributed by atoms with van der Waals surface area (Å²) in [6, 6.07) is 14.8. The number of para-hydroxylation sites is 2. The number of aromatic amines is 1. The zero-order valence-corrected chi connectivity index (χ0v) is 11.4. The fourth-order valence-corrected chi connectivity index (χ4v) is 2.90. The van der Waals surface area contributed by atoms with Crippen LogP contribution in [0.4, 0.5) is 0 Å². The maximum atomic E-state index is 12.7. The van der Waals surface area contributed by atoms with Gasteiger partial charge < -0.3 is 9.55 Å². The van der Waals surface area contributed by atoms with Gasteiger partial charge in [-0.1, -0.05) is 30.3 Å². The molecule has 0 spiro atoms. The first-order chi connectivity index (χ1) is 10.2. The normalized spacial score (nSPS) is 11.5. The highest BCUT2D eigenvalue weighted by Crippen LogP contribution is 2.21. The van der Waals surface area contributed by atoms with Gasteiger partial charge >= 0.3 is 0 Å². The first kappa shape index (κ1) is 11.9. The molecule has 2 heterocycles. The summed E-state index contributed by atoms with van der Waals surface area (Å²) >= 11 is 0. The first-order valence-corrected chi connectivity index (χ1v) is 6.71. The Bertz CT molecular complexity index is 1140. The second kappa shape index (κ2) is 4.06. The van der Waals surface area contributed by atoms with Crippen molar-refractivity contribution < 1.29 is 0 Å². The number of nitrogens with zero attached hydrogens (tertiary/aromatic N) is 1. The molecular weight excluding hydrogens is 264 g/mol. The number of rotatable bonds is 0. The number of pyridine rings is 2. The van der Waals surface area contributed by atoms with E-state index in [2.05, 4.69) is 4.98 Å². The van der Waals surface area contributed by atoms with Crippen molar-refractivity contribution in [2.24, 2.45) is 7.05 Å². The molecule has 102 valence electrons. The summed E-state index contributed by atoms with van der Waals surface area (Å²) in [7, 11) is 1.69. The molecule has 4 rings (SSSR count). The van der Waals surface area contributed by atoms with Crippen LogP contribution in [-0.2, 0) is 7.05 Å². The molecule has 0 aliphatic heterocycles. The molecule has 2 aromatic heterocycles. The average Bonchev–Trinajstić information content (AvgIpc) is 2.52. The van der Waals surface area contributed by atoms with Crippen LogP contribution in [0.25, 0.3) is 32.7 Å². The number of nitrogens with one attached hydrogen (secondary N) is 1. The third-order valence-electron chi connectivity index (χ3n) is 3.96. The van der Waals surface area contributed by atoms with Gasteiger partial charge in [-0.3, -0.25) is 9.59 Å². The monoisotopic (exact) mass is 276 g/mol. The van der Waals surface area contributed by atoms with Gasteiger partial charge in [-0.05, 0) is 18.2 Å². The van der Waals surface area contributed by atoms with E-state index in [-0.39, 0.29) is 16.4 Å². The Balaban J connectivity index is 2.46. The zero-order chi connectivity index (χ0) is 14.6. The summed E-state index contributed by atoms with van der Waals surface area (Å²) < 4.78 is 1.53. The lowest BCUT2D eigenvalue weighted by atomic mass is 10.1. The molecule has 0 fully saturated rings. The number of aromatic nitrogens is 2. The molecule has 0 unspecified atom stereocenters. The molecule has 21 heavy (non-hydrogen) atoms. The molecule has 4 nitrogen and oxygen atoms in total. The van der Waals surface area contributed by atoms with Gasteiger partial charge in [0.25, 0.3) is 5.56 Å². The molecule has 0 saturated heterocycles. The van der Waals surface area contributed by atoms with Gasteiger partial charge in [-0.25, -0.2) is 0 Å². The van der Waals surface area contributed by atoms with Crippen molar-refractivity contribution in [2.75, 3.05) is 0 Å². The summed E-state index contributed by atoms with van der Waals surface area (Å²) in [6.45, 7) is 0. The summed E-state index contributed by atoms with van der Waals surface area (Å²) in [6.07, 6.45) is 0. The topological polar surface area (TPSA) is 54.9 Å². The average molecular weight is 276 g/mol. The quantitative estimate of drug-likeness (QED) is 0.396. The molecule has 0 radical (unpaired) electrons. The second-order valence-corrected chi connectivity index (χ2v) is 5.13. The molecule has 0 aliphatic carbocycles. The smallest absolute Gasteiger partial charge is 0.264 e. The van der Waals surface area contributed by atoms with Gasteiger partial charge in [0.1, 0.15) is 5.39 Å². The Morgan fingerprint density at radius 2 is 1.57 bits per heavy atom. The number of aryl methyl sites for hydroxylation is 1. The highest BCUT2D eigenvalue weighted by atomic mass is 16.1. The number of hydrogen-bond donors (Lipinski definition) is 1. The molecule has 0 saturated carbocycles. The van der Waals surface area contributed by atoms with Crippen LogP contribution >= 0.6 is 0 Å². The van der Waals surface area contributed by atoms with Gasteiger partial charge in [-0.2, -0.15) is 0 Å². The largest absolute Gasteiger partial charge is 0.354 e. The predicted octanol–water partition coefficient (Wildman–Crippen LogP) is 2.53. The van der Waals surface area contributed by atoms with Crippen molar-refractivity contribution in [1.29, 1.82) is 0 Å². The van der Waals surface area contributed by atoms with Gasteiger partial charge in [0.05, 0.1) is 11.0 Å². The Morgan fingerprint density at radius 1 is 0.905 bits per heavy atom. The molecule has 4 aromatic rings.